The lowest BCUT2D eigenvalue weighted by molar-refractivity contribution is 0.396. The molecule has 1 fully saturated rings. The van der Waals surface area contributed by atoms with Gasteiger partial charge < -0.3 is 5.32 Å². The average Bonchev–Trinajstić information content (AvgIpc) is 2.48. The Morgan fingerprint density at radius 2 is 2.21 bits per heavy atom. The predicted molar refractivity (Wildman–Crippen MR) is 81.9 cm³/mol. The highest BCUT2D eigenvalue weighted by Gasteiger charge is 2.17. The fraction of sp³-hybridized carbons (Fsp3) is 0.588. The van der Waals surface area contributed by atoms with Crippen LogP contribution in [-0.2, 0) is 0 Å². The van der Waals surface area contributed by atoms with Crippen molar-refractivity contribution in [3.05, 3.63) is 35.7 Å². The van der Waals surface area contributed by atoms with Crippen LogP contribution < -0.4 is 5.32 Å². The van der Waals surface area contributed by atoms with Crippen molar-refractivity contribution in [1.82, 2.24) is 10.3 Å². The number of nitrogens with zero attached hydrogens (tertiary/aromatic N) is 1. The Morgan fingerprint density at radius 1 is 1.37 bits per heavy atom. The van der Waals surface area contributed by atoms with Gasteiger partial charge in [-0.15, -0.1) is 0 Å². The number of rotatable bonds is 6. The van der Waals surface area contributed by atoms with Crippen molar-refractivity contribution in [1.29, 1.82) is 0 Å². The van der Waals surface area contributed by atoms with E-state index in [0.717, 1.165) is 19.0 Å². The summed E-state index contributed by atoms with van der Waals surface area (Å²) in [6.45, 7) is 4.36. The van der Waals surface area contributed by atoms with Crippen molar-refractivity contribution in [2.45, 2.75) is 45.4 Å². The van der Waals surface area contributed by atoms with Gasteiger partial charge in [-0.2, -0.15) is 0 Å². The Kier molecular flexibility index (Phi) is 6.09. The molecule has 2 rings (SSSR count). The normalized spacial score (nSPS) is 17.6. The predicted octanol–water partition coefficient (Wildman–Crippen LogP) is 4.04. The van der Waals surface area contributed by atoms with Gasteiger partial charge in [0.25, 0.3) is 0 Å². The summed E-state index contributed by atoms with van der Waals surface area (Å²) in [4.78, 5) is 4.21. The molecule has 0 saturated heterocycles. The maximum Gasteiger partial charge on any atom is 0.0340 e. The Hall–Kier alpha value is -1.15. The summed E-state index contributed by atoms with van der Waals surface area (Å²) >= 11 is 0. The third-order valence-corrected chi connectivity index (χ3v) is 3.92. The minimum atomic E-state index is 0.776. The van der Waals surface area contributed by atoms with E-state index in [4.69, 9.17) is 0 Å². The Labute approximate surface area is 117 Å². The van der Waals surface area contributed by atoms with Crippen molar-refractivity contribution < 1.29 is 0 Å². The van der Waals surface area contributed by atoms with Crippen LogP contribution in [0.2, 0.25) is 0 Å². The second kappa shape index (κ2) is 8.11. The Morgan fingerprint density at radius 3 is 2.89 bits per heavy atom. The summed E-state index contributed by atoms with van der Waals surface area (Å²) in [6.07, 6.45) is 14.3. The lowest BCUT2D eigenvalue weighted by atomic mass is 9.83. The summed E-state index contributed by atoms with van der Waals surface area (Å²) in [6, 6.07) is 4.17. The summed E-state index contributed by atoms with van der Waals surface area (Å²) in [5, 5.41) is 3.56. The first-order valence-corrected chi connectivity index (χ1v) is 7.71. The smallest absolute Gasteiger partial charge is 0.0340 e. The molecule has 0 spiro atoms. The van der Waals surface area contributed by atoms with E-state index < -0.39 is 0 Å². The van der Waals surface area contributed by atoms with Crippen LogP contribution in [0.4, 0.5) is 0 Å². The van der Waals surface area contributed by atoms with Crippen LogP contribution in [-0.4, -0.2) is 18.1 Å². The first-order valence-electron chi connectivity index (χ1n) is 7.71. The van der Waals surface area contributed by atoms with Gasteiger partial charge in [0, 0.05) is 18.9 Å². The van der Waals surface area contributed by atoms with Gasteiger partial charge in [0.1, 0.15) is 0 Å². The van der Waals surface area contributed by atoms with Crippen molar-refractivity contribution in [2.24, 2.45) is 5.92 Å². The molecular formula is C17H26N2. The van der Waals surface area contributed by atoms with Crippen molar-refractivity contribution >= 4 is 6.08 Å². The van der Waals surface area contributed by atoms with Gasteiger partial charge in [-0.25, -0.2) is 0 Å². The molecule has 1 aromatic heterocycles. The lowest BCUT2D eigenvalue weighted by Crippen LogP contribution is -2.23. The van der Waals surface area contributed by atoms with E-state index in [1.807, 2.05) is 18.5 Å². The van der Waals surface area contributed by atoms with Crippen LogP contribution in [0.1, 0.15) is 51.0 Å². The zero-order valence-corrected chi connectivity index (χ0v) is 12.1. The van der Waals surface area contributed by atoms with Gasteiger partial charge in [0.2, 0.25) is 0 Å². The fourth-order valence-electron chi connectivity index (χ4n) is 2.87. The van der Waals surface area contributed by atoms with Crippen LogP contribution in [0.15, 0.2) is 30.1 Å². The monoisotopic (exact) mass is 258 g/mol. The number of aromatic nitrogens is 1. The molecular weight excluding hydrogens is 232 g/mol. The van der Waals surface area contributed by atoms with Gasteiger partial charge in [-0.1, -0.05) is 43.9 Å². The van der Waals surface area contributed by atoms with Crippen LogP contribution in [0.3, 0.4) is 0 Å². The van der Waals surface area contributed by atoms with Crippen LogP contribution >= 0.6 is 0 Å². The molecule has 1 saturated carbocycles. The highest BCUT2D eigenvalue weighted by molar-refractivity contribution is 5.52. The highest BCUT2D eigenvalue weighted by Crippen LogP contribution is 2.30. The summed E-state index contributed by atoms with van der Waals surface area (Å²) in [7, 11) is 0. The largest absolute Gasteiger partial charge is 0.313 e. The summed E-state index contributed by atoms with van der Waals surface area (Å²) < 4.78 is 0. The second-order valence-corrected chi connectivity index (χ2v) is 5.52. The summed E-state index contributed by atoms with van der Waals surface area (Å²) in [5.74, 6) is 0.776. The minimum Gasteiger partial charge on any atom is -0.313 e. The number of nitrogens with one attached hydrogen (secondary N) is 1. The molecule has 1 aromatic rings. The molecule has 0 aromatic carbocycles. The van der Waals surface area contributed by atoms with E-state index in [0.29, 0.717) is 0 Å². The maximum atomic E-state index is 4.21. The standard InChI is InChI=1S/C17H26N2/c1-2-10-18-14-17(16-8-4-3-5-9-16)12-15-7-6-11-19-13-15/h6-7,11-13,16,18H,2-5,8-10,14H2,1H3. The molecule has 1 aliphatic carbocycles. The average molecular weight is 258 g/mol. The van der Waals surface area contributed by atoms with E-state index in [2.05, 4.69) is 29.4 Å². The van der Waals surface area contributed by atoms with E-state index in [1.54, 1.807) is 5.57 Å². The molecule has 19 heavy (non-hydrogen) atoms. The molecule has 0 atom stereocenters. The molecule has 104 valence electrons. The molecule has 1 N–H and O–H groups in total. The van der Waals surface area contributed by atoms with Gasteiger partial charge in [0.05, 0.1) is 0 Å². The third-order valence-electron chi connectivity index (χ3n) is 3.92. The quantitative estimate of drug-likeness (QED) is 0.779. The molecule has 0 bridgehead atoms. The molecule has 0 unspecified atom stereocenters. The maximum absolute atomic E-state index is 4.21. The Balaban J connectivity index is 2.06. The topological polar surface area (TPSA) is 24.9 Å². The van der Waals surface area contributed by atoms with E-state index in [1.165, 1.54) is 44.1 Å². The summed E-state index contributed by atoms with van der Waals surface area (Å²) in [5.41, 5.74) is 2.81. The zero-order valence-electron chi connectivity index (χ0n) is 12.1. The van der Waals surface area contributed by atoms with Gasteiger partial charge >= 0.3 is 0 Å². The van der Waals surface area contributed by atoms with Gasteiger partial charge in [0.15, 0.2) is 0 Å². The highest BCUT2D eigenvalue weighted by atomic mass is 14.8. The van der Waals surface area contributed by atoms with E-state index in [-0.39, 0.29) is 0 Å². The van der Waals surface area contributed by atoms with Gasteiger partial charge in [-0.05, 0) is 43.4 Å². The van der Waals surface area contributed by atoms with Crippen LogP contribution in [0.5, 0.6) is 0 Å². The van der Waals surface area contributed by atoms with Crippen LogP contribution in [0, 0.1) is 5.92 Å². The third kappa shape index (κ3) is 4.79. The molecule has 1 heterocycles. The van der Waals surface area contributed by atoms with Crippen molar-refractivity contribution in [2.75, 3.05) is 13.1 Å². The van der Waals surface area contributed by atoms with Crippen molar-refractivity contribution in [3.8, 4) is 0 Å². The fourth-order valence-corrected chi connectivity index (χ4v) is 2.87. The van der Waals surface area contributed by atoms with Gasteiger partial charge in [-0.3, -0.25) is 4.98 Å². The SMILES string of the molecule is CCCNCC(=Cc1cccnc1)C1CCCCC1. The zero-order chi connectivity index (χ0) is 13.3. The Bertz CT molecular complexity index is 378. The van der Waals surface area contributed by atoms with Crippen LogP contribution in [0.25, 0.3) is 6.08 Å². The number of hydrogen-bond acceptors (Lipinski definition) is 2. The number of pyridine rings is 1. The first kappa shape index (κ1) is 14.3. The lowest BCUT2D eigenvalue weighted by Gasteiger charge is -2.25. The molecule has 1 aliphatic rings. The second-order valence-electron chi connectivity index (χ2n) is 5.52. The molecule has 0 aliphatic heterocycles. The minimum absolute atomic E-state index is 0.776. The molecule has 2 heteroatoms. The molecule has 2 nitrogen and oxygen atoms in total. The molecule has 0 amide bonds. The molecule has 0 radical (unpaired) electrons. The van der Waals surface area contributed by atoms with E-state index >= 15 is 0 Å². The van der Waals surface area contributed by atoms with E-state index in [9.17, 15) is 0 Å². The first-order chi connectivity index (χ1) is 9.40. The van der Waals surface area contributed by atoms with Crippen molar-refractivity contribution in [3.63, 3.8) is 0 Å². The number of hydrogen-bond donors (Lipinski definition) is 1.